The van der Waals surface area contributed by atoms with Crippen molar-refractivity contribution in [2.45, 2.75) is 52.6 Å². The van der Waals surface area contributed by atoms with E-state index in [2.05, 4.69) is 32.7 Å². The van der Waals surface area contributed by atoms with Crippen LogP contribution < -0.4 is 10.6 Å². The Kier molecular flexibility index (Phi) is 11.3. The number of nitrogens with one attached hydrogen (secondary N) is 2. The number of hydrogen-bond acceptors (Lipinski definition) is 6. The van der Waals surface area contributed by atoms with E-state index in [1.807, 2.05) is 38.1 Å². The van der Waals surface area contributed by atoms with Crippen LogP contribution in [0.4, 0.5) is 0 Å². The second-order valence-corrected chi connectivity index (χ2v) is 9.38. The van der Waals surface area contributed by atoms with Gasteiger partial charge in [-0.2, -0.15) is 4.98 Å². The quantitative estimate of drug-likeness (QED) is 0.266. The zero-order valence-corrected chi connectivity index (χ0v) is 21.2. The van der Waals surface area contributed by atoms with E-state index >= 15 is 0 Å². The first-order valence-corrected chi connectivity index (χ1v) is 12.0. The van der Waals surface area contributed by atoms with Crippen molar-refractivity contribution in [3.05, 3.63) is 35.7 Å². The third-order valence-electron chi connectivity index (χ3n) is 4.18. The van der Waals surface area contributed by atoms with Gasteiger partial charge in [-0.1, -0.05) is 24.2 Å². The van der Waals surface area contributed by atoms with E-state index in [9.17, 15) is 8.42 Å². The van der Waals surface area contributed by atoms with Gasteiger partial charge in [-0.25, -0.2) is 13.4 Å². The van der Waals surface area contributed by atoms with Gasteiger partial charge < -0.3 is 15.2 Å². The SMILES string of the molecule is CCCc1noc(-c2cccc(CN=C(NCC)NC(C)CCS(C)(=O)=O)c2)n1.I. The van der Waals surface area contributed by atoms with Crippen molar-refractivity contribution in [2.75, 3.05) is 18.6 Å². The highest BCUT2D eigenvalue weighted by Crippen LogP contribution is 2.19. The minimum Gasteiger partial charge on any atom is -0.357 e. The second-order valence-electron chi connectivity index (χ2n) is 7.13. The van der Waals surface area contributed by atoms with Gasteiger partial charge in [0, 0.05) is 30.8 Å². The molecule has 2 N–H and O–H groups in total. The average molecular weight is 549 g/mol. The van der Waals surface area contributed by atoms with Crippen LogP contribution in [0.15, 0.2) is 33.8 Å². The van der Waals surface area contributed by atoms with Crippen LogP contribution >= 0.6 is 24.0 Å². The summed E-state index contributed by atoms with van der Waals surface area (Å²) in [7, 11) is -2.98. The first-order chi connectivity index (χ1) is 13.8. The Morgan fingerprint density at radius 1 is 1.30 bits per heavy atom. The normalized spacial score (nSPS) is 12.9. The van der Waals surface area contributed by atoms with Crippen LogP contribution in [-0.4, -0.2) is 49.1 Å². The van der Waals surface area contributed by atoms with Crippen LogP contribution in [0.3, 0.4) is 0 Å². The lowest BCUT2D eigenvalue weighted by Crippen LogP contribution is -2.42. The highest BCUT2D eigenvalue weighted by Gasteiger charge is 2.11. The summed E-state index contributed by atoms with van der Waals surface area (Å²) in [5.74, 6) is 2.03. The van der Waals surface area contributed by atoms with Crippen molar-refractivity contribution in [1.82, 2.24) is 20.8 Å². The molecule has 0 saturated heterocycles. The van der Waals surface area contributed by atoms with Crippen molar-refractivity contribution < 1.29 is 12.9 Å². The molecule has 10 heteroatoms. The van der Waals surface area contributed by atoms with Crippen molar-refractivity contribution in [2.24, 2.45) is 4.99 Å². The van der Waals surface area contributed by atoms with E-state index in [0.29, 0.717) is 37.2 Å². The highest BCUT2D eigenvalue weighted by atomic mass is 127. The minimum absolute atomic E-state index is 0. The number of benzene rings is 1. The number of rotatable bonds is 10. The molecule has 8 nitrogen and oxygen atoms in total. The van der Waals surface area contributed by atoms with E-state index in [4.69, 9.17) is 4.52 Å². The maximum atomic E-state index is 11.4. The van der Waals surface area contributed by atoms with Crippen LogP contribution in [-0.2, 0) is 22.8 Å². The fraction of sp³-hybridized carbons (Fsp3) is 0.550. The summed E-state index contributed by atoms with van der Waals surface area (Å²) in [6.45, 7) is 7.20. The van der Waals surface area contributed by atoms with Gasteiger partial charge in [-0.05, 0) is 44.4 Å². The summed E-state index contributed by atoms with van der Waals surface area (Å²) in [6, 6.07) is 7.85. The molecule has 0 aliphatic heterocycles. The van der Waals surface area contributed by atoms with Crippen molar-refractivity contribution in [1.29, 1.82) is 0 Å². The smallest absolute Gasteiger partial charge is 0.257 e. The maximum Gasteiger partial charge on any atom is 0.257 e. The summed E-state index contributed by atoms with van der Waals surface area (Å²) in [5.41, 5.74) is 1.88. The molecule has 1 aromatic carbocycles. The number of hydrogen-bond donors (Lipinski definition) is 2. The van der Waals surface area contributed by atoms with Gasteiger partial charge in [0.1, 0.15) is 9.84 Å². The Morgan fingerprint density at radius 2 is 2.07 bits per heavy atom. The molecule has 0 aliphatic carbocycles. The molecule has 2 rings (SSSR count). The van der Waals surface area contributed by atoms with Crippen molar-refractivity contribution >= 4 is 39.8 Å². The van der Waals surface area contributed by atoms with Gasteiger partial charge in [-0.15, -0.1) is 24.0 Å². The molecule has 30 heavy (non-hydrogen) atoms. The number of sulfone groups is 1. The van der Waals surface area contributed by atoms with Gasteiger partial charge in [0.2, 0.25) is 0 Å². The molecule has 0 radical (unpaired) electrons. The van der Waals surface area contributed by atoms with E-state index in [1.165, 1.54) is 6.26 Å². The molecule has 0 amide bonds. The molecule has 0 bridgehead atoms. The Hall–Kier alpha value is -1.69. The molecule has 1 unspecified atom stereocenters. The van der Waals surface area contributed by atoms with Crippen LogP contribution in [0.2, 0.25) is 0 Å². The molecule has 0 spiro atoms. The van der Waals surface area contributed by atoms with E-state index in [0.717, 1.165) is 24.0 Å². The Bertz CT molecular complexity index is 915. The molecule has 1 aromatic heterocycles. The maximum absolute atomic E-state index is 11.4. The number of guanidine groups is 1. The van der Waals surface area contributed by atoms with Gasteiger partial charge in [0.05, 0.1) is 12.3 Å². The molecule has 168 valence electrons. The fourth-order valence-corrected chi connectivity index (χ4v) is 3.47. The van der Waals surface area contributed by atoms with Crippen molar-refractivity contribution in [3.8, 4) is 11.5 Å². The standard InChI is InChI=1S/C20H31N5O3S.HI/c1-5-8-18-24-19(28-25-18)17-10-7-9-16(13-17)14-22-20(21-6-2)23-15(3)11-12-29(4,26)27;/h7,9-10,13,15H,5-6,8,11-12,14H2,1-4H3,(H2,21,22,23);1H. The number of nitrogens with zero attached hydrogens (tertiary/aromatic N) is 3. The summed E-state index contributed by atoms with van der Waals surface area (Å²) in [4.78, 5) is 9.04. The van der Waals surface area contributed by atoms with Crippen molar-refractivity contribution in [3.63, 3.8) is 0 Å². The number of aromatic nitrogens is 2. The zero-order chi connectivity index (χ0) is 21.3. The van der Waals surface area contributed by atoms with Gasteiger partial charge >= 0.3 is 0 Å². The Labute approximate surface area is 196 Å². The second kappa shape index (κ2) is 12.9. The lowest BCUT2D eigenvalue weighted by atomic mass is 10.1. The largest absolute Gasteiger partial charge is 0.357 e. The van der Waals surface area contributed by atoms with Crippen LogP contribution in [0.1, 0.15) is 45.0 Å². The summed E-state index contributed by atoms with van der Waals surface area (Å²) in [6.07, 6.45) is 3.54. The molecule has 0 saturated carbocycles. The van der Waals surface area contributed by atoms with E-state index < -0.39 is 9.84 Å². The average Bonchev–Trinajstić information content (AvgIpc) is 3.13. The highest BCUT2D eigenvalue weighted by molar-refractivity contribution is 14.0. The summed E-state index contributed by atoms with van der Waals surface area (Å²) < 4.78 is 28.1. The minimum atomic E-state index is -2.98. The predicted octanol–water partition coefficient (Wildman–Crippen LogP) is 3.19. The van der Waals surface area contributed by atoms with Crippen LogP contribution in [0.5, 0.6) is 0 Å². The third-order valence-corrected chi connectivity index (χ3v) is 5.16. The molecule has 0 aliphatic rings. The number of halogens is 1. The first-order valence-electron chi connectivity index (χ1n) is 9.95. The van der Waals surface area contributed by atoms with E-state index in [-0.39, 0.29) is 35.8 Å². The van der Waals surface area contributed by atoms with Crippen LogP contribution in [0.25, 0.3) is 11.5 Å². The molecule has 2 aromatic rings. The molecule has 1 heterocycles. The molecular weight excluding hydrogens is 517 g/mol. The Morgan fingerprint density at radius 3 is 2.73 bits per heavy atom. The number of aliphatic imine (C=N–C) groups is 1. The van der Waals surface area contributed by atoms with Gasteiger partial charge in [-0.3, -0.25) is 0 Å². The third kappa shape index (κ3) is 9.41. The molecule has 0 fully saturated rings. The Balaban J connectivity index is 0.00000450. The molecule has 1 atom stereocenters. The van der Waals surface area contributed by atoms with Crippen LogP contribution in [0, 0.1) is 0 Å². The predicted molar refractivity (Wildman–Crippen MR) is 131 cm³/mol. The van der Waals surface area contributed by atoms with Gasteiger partial charge in [0.25, 0.3) is 5.89 Å². The summed E-state index contributed by atoms with van der Waals surface area (Å²) in [5, 5.41) is 10.5. The fourth-order valence-electron chi connectivity index (χ4n) is 2.69. The monoisotopic (exact) mass is 549 g/mol. The zero-order valence-electron chi connectivity index (χ0n) is 18.0. The topological polar surface area (TPSA) is 109 Å². The van der Waals surface area contributed by atoms with Gasteiger partial charge in [0.15, 0.2) is 11.8 Å². The first kappa shape index (κ1) is 26.3. The summed E-state index contributed by atoms with van der Waals surface area (Å²) >= 11 is 0. The van der Waals surface area contributed by atoms with E-state index in [1.54, 1.807) is 0 Å². The lowest BCUT2D eigenvalue weighted by molar-refractivity contribution is 0.422. The molecular formula is C20H32IN5O3S. The lowest BCUT2D eigenvalue weighted by Gasteiger charge is -2.17. The number of aryl methyl sites for hydroxylation is 1.